The van der Waals surface area contributed by atoms with E-state index in [1.165, 1.54) is 0 Å². The van der Waals surface area contributed by atoms with Gasteiger partial charge >= 0.3 is 0 Å². The molecular formula is C17H25ClN4O. The van der Waals surface area contributed by atoms with Gasteiger partial charge in [0.1, 0.15) is 0 Å². The molecule has 6 heteroatoms. The molecule has 1 aromatic heterocycles. The number of nitrogens with zero attached hydrogens (tertiary/aromatic N) is 2. The van der Waals surface area contributed by atoms with E-state index in [1.54, 1.807) is 10.9 Å². The van der Waals surface area contributed by atoms with Gasteiger partial charge in [-0.3, -0.25) is 4.79 Å². The smallest absolute Gasteiger partial charge is 0.254 e. The molecule has 0 spiro atoms. The normalized spacial score (nSPS) is 11.0. The Hall–Kier alpha value is -1.85. The average molecular weight is 337 g/mol. The molecule has 0 aliphatic rings. The molecule has 2 aromatic rings. The van der Waals surface area contributed by atoms with Crippen LogP contribution in [-0.2, 0) is 0 Å². The fourth-order valence-electron chi connectivity index (χ4n) is 2.25. The third-order valence-electron chi connectivity index (χ3n) is 4.17. The molecule has 0 fully saturated rings. The van der Waals surface area contributed by atoms with E-state index in [0.717, 1.165) is 18.5 Å². The molecule has 2 rings (SSSR count). The number of nitrogens with one attached hydrogen (secondary N) is 1. The predicted molar refractivity (Wildman–Crippen MR) is 95.4 cm³/mol. The topological polar surface area (TPSA) is 72.9 Å². The summed E-state index contributed by atoms with van der Waals surface area (Å²) >= 11 is 0. The Morgan fingerprint density at radius 1 is 1.26 bits per heavy atom. The molecule has 0 bridgehead atoms. The van der Waals surface area contributed by atoms with Gasteiger partial charge in [0.15, 0.2) is 0 Å². The summed E-state index contributed by atoms with van der Waals surface area (Å²) in [6.07, 6.45) is 3.41. The molecule has 0 aliphatic carbocycles. The van der Waals surface area contributed by atoms with Crippen LogP contribution in [0.1, 0.15) is 42.7 Å². The van der Waals surface area contributed by atoms with Gasteiger partial charge in [-0.05, 0) is 31.9 Å². The first-order valence-corrected chi connectivity index (χ1v) is 7.68. The van der Waals surface area contributed by atoms with E-state index in [9.17, 15) is 4.79 Å². The van der Waals surface area contributed by atoms with E-state index in [2.05, 4.69) is 10.4 Å². The lowest BCUT2D eigenvalue weighted by Crippen LogP contribution is -2.49. The zero-order valence-electron chi connectivity index (χ0n) is 13.9. The van der Waals surface area contributed by atoms with Gasteiger partial charge in [-0.15, -0.1) is 12.4 Å². The Morgan fingerprint density at radius 3 is 2.43 bits per heavy atom. The number of carbonyl (C=O) groups excluding carboxylic acids is 1. The summed E-state index contributed by atoms with van der Waals surface area (Å²) in [6.45, 7) is 6.38. The number of hydrogen-bond acceptors (Lipinski definition) is 3. The van der Waals surface area contributed by atoms with Crippen LogP contribution in [-0.4, -0.2) is 27.8 Å². The van der Waals surface area contributed by atoms with Gasteiger partial charge in [0.05, 0.1) is 16.9 Å². The average Bonchev–Trinajstić information content (AvgIpc) is 2.95. The second-order valence-electron chi connectivity index (χ2n) is 5.66. The second kappa shape index (κ2) is 8.13. The molecule has 0 atom stereocenters. The molecule has 3 N–H and O–H groups in total. The van der Waals surface area contributed by atoms with Crippen molar-refractivity contribution in [2.75, 3.05) is 6.54 Å². The predicted octanol–water partition coefficient (Wildman–Crippen LogP) is 2.85. The van der Waals surface area contributed by atoms with Crippen molar-refractivity contribution < 1.29 is 4.79 Å². The standard InChI is InChI=1S/C17H24N4O.ClH/c1-4-17(18,5-2)12-19-16(22)15-11-21(20-13(15)3)14-9-7-6-8-10-14;/h6-11H,4-5,12,18H2,1-3H3,(H,19,22);1H. The van der Waals surface area contributed by atoms with E-state index in [-0.39, 0.29) is 23.9 Å². The Bertz CT molecular complexity index is 635. The zero-order chi connectivity index (χ0) is 16.2. The summed E-state index contributed by atoms with van der Waals surface area (Å²) in [4.78, 5) is 12.4. The lowest BCUT2D eigenvalue weighted by Gasteiger charge is -2.26. The molecule has 1 aromatic carbocycles. The molecule has 0 saturated carbocycles. The quantitative estimate of drug-likeness (QED) is 0.852. The minimum Gasteiger partial charge on any atom is -0.350 e. The Kier molecular flexibility index (Phi) is 6.79. The monoisotopic (exact) mass is 336 g/mol. The molecule has 0 saturated heterocycles. The lowest BCUT2D eigenvalue weighted by molar-refractivity contribution is 0.0941. The number of rotatable bonds is 6. The molecular weight excluding hydrogens is 312 g/mol. The molecule has 23 heavy (non-hydrogen) atoms. The summed E-state index contributed by atoms with van der Waals surface area (Å²) in [5.74, 6) is -0.128. The zero-order valence-corrected chi connectivity index (χ0v) is 14.7. The van der Waals surface area contributed by atoms with Gasteiger partial charge in [-0.2, -0.15) is 5.10 Å². The number of amides is 1. The fraction of sp³-hybridized carbons (Fsp3) is 0.412. The summed E-state index contributed by atoms with van der Waals surface area (Å²) in [6, 6.07) is 9.74. The maximum Gasteiger partial charge on any atom is 0.254 e. The summed E-state index contributed by atoms with van der Waals surface area (Å²) < 4.78 is 1.72. The highest BCUT2D eigenvalue weighted by Crippen LogP contribution is 2.13. The highest BCUT2D eigenvalue weighted by atomic mass is 35.5. The lowest BCUT2D eigenvalue weighted by atomic mass is 9.94. The minimum atomic E-state index is -0.348. The van der Waals surface area contributed by atoms with Crippen molar-refractivity contribution >= 4 is 18.3 Å². The third kappa shape index (κ3) is 4.56. The van der Waals surface area contributed by atoms with E-state index < -0.39 is 0 Å². The number of aromatic nitrogens is 2. The van der Waals surface area contributed by atoms with Crippen molar-refractivity contribution in [1.82, 2.24) is 15.1 Å². The molecule has 1 heterocycles. The van der Waals surface area contributed by atoms with Crippen molar-refractivity contribution in [2.24, 2.45) is 5.73 Å². The van der Waals surface area contributed by atoms with Gasteiger partial charge < -0.3 is 11.1 Å². The van der Waals surface area contributed by atoms with Gasteiger partial charge in [-0.1, -0.05) is 32.0 Å². The minimum absolute atomic E-state index is 0. The van der Waals surface area contributed by atoms with Crippen molar-refractivity contribution in [3.8, 4) is 5.69 Å². The molecule has 126 valence electrons. The maximum absolute atomic E-state index is 12.4. The van der Waals surface area contributed by atoms with Crippen LogP contribution in [0, 0.1) is 6.92 Å². The Labute approximate surface area is 143 Å². The van der Waals surface area contributed by atoms with Crippen LogP contribution in [0.2, 0.25) is 0 Å². The first-order valence-electron chi connectivity index (χ1n) is 7.68. The maximum atomic E-state index is 12.4. The van der Waals surface area contributed by atoms with Crippen LogP contribution in [0.5, 0.6) is 0 Å². The molecule has 0 radical (unpaired) electrons. The van der Waals surface area contributed by atoms with Gasteiger partial charge in [0, 0.05) is 18.3 Å². The van der Waals surface area contributed by atoms with Crippen LogP contribution in [0.25, 0.3) is 5.69 Å². The highest BCUT2D eigenvalue weighted by Gasteiger charge is 2.22. The van der Waals surface area contributed by atoms with Crippen LogP contribution in [0.4, 0.5) is 0 Å². The molecule has 1 amide bonds. The van der Waals surface area contributed by atoms with E-state index in [0.29, 0.717) is 17.8 Å². The Balaban J connectivity index is 0.00000264. The highest BCUT2D eigenvalue weighted by molar-refractivity contribution is 5.95. The molecule has 5 nitrogen and oxygen atoms in total. The van der Waals surface area contributed by atoms with Gasteiger partial charge in [-0.25, -0.2) is 4.68 Å². The Morgan fingerprint density at radius 2 is 1.87 bits per heavy atom. The number of aryl methyl sites for hydroxylation is 1. The SMILES string of the molecule is CCC(N)(CC)CNC(=O)c1cn(-c2ccccc2)nc1C.Cl. The third-order valence-corrected chi connectivity index (χ3v) is 4.17. The fourth-order valence-corrected chi connectivity index (χ4v) is 2.25. The first-order chi connectivity index (χ1) is 10.5. The van der Waals surface area contributed by atoms with E-state index in [1.807, 2.05) is 51.1 Å². The van der Waals surface area contributed by atoms with Crippen molar-refractivity contribution in [1.29, 1.82) is 0 Å². The number of benzene rings is 1. The number of halogens is 1. The van der Waals surface area contributed by atoms with Crippen molar-refractivity contribution in [2.45, 2.75) is 39.2 Å². The van der Waals surface area contributed by atoms with Gasteiger partial charge in [0.2, 0.25) is 0 Å². The summed E-state index contributed by atoms with van der Waals surface area (Å²) in [7, 11) is 0. The van der Waals surface area contributed by atoms with E-state index in [4.69, 9.17) is 5.73 Å². The van der Waals surface area contributed by atoms with Crippen LogP contribution >= 0.6 is 12.4 Å². The van der Waals surface area contributed by atoms with E-state index >= 15 is 0 Å². The molecule has 0 aliphatic heterocycles. The van der Waals surface area contributed by atoms with Crippen LogP contribution in [0.3, 0.4) is 0 Å². The van der Waals surface area contributed by atoms with Crippen LogP contribution < -0.4 is 11.1 Å². The van der Waals surface area contributed by atoms with Crippen LogP contribution in [0.15, 0.2) is 36.5 Å². The number of hydrogen-bond donors (Lipinski definition) is 2. The number of para-hydroxylation sites is 1. The molecule has 0 unspecified atom stereocenters. The van der Waals surface area contributed by atoms with Crippen molar-refractivity contribution in [3.05, 3.63) is 47.8 Å². The first kappa shape index (κ1) is 19.2. The van der Waals surface area contributed by atoms with Crippen molar-refractivity contribution in [3.63, 3.8) is 0 Å². The summed E-state index contributed by atoms with van der Waals surface area (Å²) in [5.41, 5.74) is 8.09. The summed E-state index contributed by atoms with van der Waals surface area (Å²) in [5, 5.41) is 7.34. The number of carbonyl (C=O) groups is 1. The second-order valence-corrected chi connectivity index (χ2v) is 5.66. The van der Waals surface area contributed by atoms with Gasteiger partial charge in [0.25, 0.3) is 5.91 Å². The largest absolute Gasteiger partial charge is 0.350 e. The number of nitrogens with two attached hydrogens (primary N) is 1.